The molecule has 0 aromatic heterocycles. The van der Waals surface area contributed by atoms with Gasteiger partial charge in [0.25, 0.3) is 0 Å². The van der Waals surface area contributed by atoms with Gasteiger partial charge in [-0.05, 0) is 57.1 Å². The lowest BCUT2D eigenvalue weighted by atomic mass is 9.93. The van der Waals surface area contributed by atoms with Gasteiger partial charge < -0.3 is 19.0 Å². The predicted molar refractivity (Wildman–Crippen MR) is 91.6 cm³/mol. The molecule has 5 heteroatoms. The molecule has 0 heterocycles. The zero-order chi connectivity index (χ0) is 16.8. The highest BCUT2D eigenvalue weighted by molar-refractivity contribution is 6.71. The van der Waals surface area contributed by atoms with Gasteiger partial charge in [0.15, 0.2) is 15.1 Å². The Bertz CT molecular complexity index is 462. The van der Waals surface area contributed by atoms with Gasteiger partial charge in [0, 0.05) is 13.2 Å². The zero-order valence-corrected chi connectivity index (χ0v) is 15.7. The second-order valence-corrected chi connectivity index (χ2v) is 10.7. The number of hydrogen-bond acceptors (Lipinski definition) is 4. The predicted octanol–water partition coefficient (Wildman–Crippen LogP) is 3.90. The summed E-state index contributed by atoms with van der Waals surface area (Å²) >= 11 is 0. The van der Waals surface area contributed by atoms with Crippen molar-refractivity contribution in [1.29, 1.82) is 0 Å². The average molecular weight is 327 g/mol. The van der Waals surface area contributed by atoms with E-state index in [1.54, 1.807) is 7.11 Å². The summed E-state index contributed by atoms with van der Waals surface area (Å²) in [4.78, 5) is 0. The third-order valence-corrected chi connectivity index (χ3v) is 6.12. The maximum atomic E-state index is 11.2. The number of aliphatic hydroxyl groups is 1. The summed E-state index contributed by atoms with van der Waals surface area (Å²) < 4.78 is 16.5. The van der Waals surface area contributed by atoms with Crippen molar-refractivity contribution >= 4 is 8.32 Å². The third-order valence-electron chi connectivity index (χ3n) is 3.57. The fourth-order valence-electron chi connectivity index (χ4n) is 2.82. The lowest BCUT2D eigenvalue weighted by molar-refractivity contribution is 0.0413. The molecular formula is C17H30O4Si. The van der Waals surface area contributed by atoms with E-state index in [0.29, 0.717) is 18.2 Å². The molecule has 1 aromatic rings. The lowest BCUT2D eigenvalue weighted by Crippen LogP contribution is -2.42. The van der Waals surface area contributed by atoms with E-state index in [1.807, 2.05) is 45.0 Å². The SMILES string of the molecule is CCC(O)(C[Si](C)(C)OC(C)C)c1cccc(OCOC)c1. The van der Waals surface area contributed by atoms with Gasteiger partial charge in [0.1, 0.15) is 5.75 Å². The third kappa shape index (κ3) is 5.72. The van der Waals surface area contributed by atoms with E-state index in [1.165, 1.54) is 0 Å². The monoisotopic (exact) mass is 326 g/mol. The minimum Gasteiger partial charge on any atom is -0.468 e. The van der Waals surface area contributed by atoms with Crippen LogP contribution in [0.25, 0.3) is 0 Å². The Labute approximate surface area is 135 Å². The molecule has 0 amide bonds. The van der Waals surface area contributed by atoms with Crippen LogP contribution in [0, 0.1) is 0 Å². The first-order valence-corrected chi connectivity index (χ1v) is 11.0. The molecule has 126 valence electrons. The van der Waals surface area contributed by atoms with E-state index < -0.39 is 13.9 Å². The molecule has 1 unspecified atom stereocenters. The van der Waals surface area contributed by atoms with Crippen LogP contribution in [0.3, 0.4) is 0 Å². The van der Waals surface area contributed by atoms with Crippen LogP contribution in [0.1, 0.15) is 32.8 Å². The topological polar surface area (TPSA) is 47.9 Å². The van der Waals surface area contributed by atoms with Crippen molar-refractivity contribution in [3.8, 4) is 5.75 Å². The number of methoxy groups -OCH3 is 1. The fourth-order valence-corrected chi connectivity index (χ4v) is 6.04. The van der Waals surface area contributed by atoms with Crippen molar-refractivity contribution in [2.24, 2.45) is 0 Å². The Morgan fingerprint density at radius 3 is 2.50 bits per heavy atom. The minimum absolute atomic E-state index is 0.180. The lowest BCUT2D eigenvalue weighted by Gasteiger charge is -2.36. The van der Waals surface area contributed by atoms with Gasteiger partial charge in [0.2, 0.25) is 0 Å². The van der Waals surface area contributed by atoms with Crippen molar-refractivity contribution in [3.05, 3.63) is 29.8 Å². The molecule has 0 radical (unpaired) electrons. The van der Waals surface area contributed by atoms with Crippen molar-refractivity contribution in [3.63, 3.8) is 0 Å². The molecule has 0 saturated heterocycles. The molecule has 1 N–H and O–H groups in total. The minimum atomic E-state index is -1.96. The molecule has 22 heavy (non-hydrogen) atoms. The highest BCUT2D eigenvalue weighted by Crippen LogP contribution is 2.36. The first-order valence-electron chi connectivity index (χ1n) is 7.85. The second-order valence-electron chi connectivity index (χ2n) is 6.57. The quantitative estimate of drug-likeness (QED) is 0.552. The summed E-state index contributed by atoms with van der Waals surface area (Å²) in [6, 6.07) is 8.26. The van der Waals surface area contributed by atoms with Gasteiger partial charge in [-0.15, -0.1) is 0 Å². The molecule has 0 saturated carbocycles. The van der Waals surface area contributed by atoms with Crippen LogP contribution in [0.15, 0.2) is 24.3 Å². The van der Waals surface area contributed by atoms with Crippen LogP contribution < -0.4 is 4.74 Å². The summed E-state index contributed by atoms with van der Waals surface area (Å²) in [5.41, 5.74) is -0.0200. The average Bonchev–Trinajstić information content (AvgIpc) is 2.43. The normalized spacial score (nSPS) is 14.9. The number of ether oxygens (including phenoxy) is 2. The molecular weight excluding hydrogens is 296 g/mol. The molecule has 4 nitrogen and oxygen atoms in total. The number of rotatable bonds is 9. The first-order chi connectivity index (χ1) is 10.2. The van der Waals surface area contributed by atoms with Crippen molar-refractivity contribution in [1.82, 2.24) is 0 Å². The van der Waals surface area contributed by atoms with Gasteiger partial charge >= 0.3 is 0 Å². The molecule has 1 aromatic carbocycles. The summed E-state index contributed by atoms with van der Waals surface area (Å²) in [6.07, 6.45) is 0.817. The van der Waals surface area contributed by atoms with E-state index in [0.717, 1.165) is 5.56 Å². The zero-order valence-electron chi connectivity index (χ0n) is 14.7. The van der Waals surface area contributed by atoms with E-state index in [2.05, 4.69) is 13.1 Å². The van der Waals surface area contributed by atoms with E-state index in [4.69, 9.17) is 13.9 Å². The first kappa shape index (κ1) is 19.2. The number of benzene rings is 1. The van der Waals surface area contributed by atoms with Gasteiger partial charge in [-0.2, -0.15) is 0 Å². The van der Waals surface area contributed by atoms with Crippen LogP contribution in [0.4, 0.5) is 0 Å². The van der Waals surface area contributed by atoms with Crippen molar-refractivity contribution in [2.75, 3.05) is 13.9 Å². The molecule has 0 aliphatic carbocycles. The van der Waals surface area contributed by atoms with Crippen LogP contribution >= 0.6 is 0 Å². The Morgan fingerprint density at radius 2 is 1.95 bits per heavy atom. The molecule has 0 bridgehead atoms. The summed E-state index contributed by atoms with van der Waals surface area (Å²) in [5.74, 6) is 0.704. The summed E-state index contributed by atoms with van der Waals surface area (Å²) in [7, 11) is -0.377. The van der Waals surface area contributed by atoms with Crippen molar-refractivity contribution < 1.29 is 19.0 Å². The number of hydrogen-bond donors (Lipinski definition) is 1. The van der Waals surface area contributed by atoms with Gasteiger partial charge in [-0.25, -0.2) is 0 Å². The van der Waals surface area contributed by atoms with Crippen LogP contribution in [0.5, 0.6) is 5.75 Å². The van der Waals surface area contributed by atoms with Crippen LogP contribution in [0.2, 0.25) is 19.1 Å². The Balaban J connectivity index is 2.97. The largest absolute Gasteiger partial charge is 0.468 e. The Hall–Kier alpha value is -0.883. The van der Waals surface area contributed by atoms with Gasteiger partial charge in [-0.1, -0.05) is 19.1 Å². The van der Waals surface area contributed by atoms with E-state index >= 15 is 0 Å². The smallest absolute Gasteiger partial charge is 0.190 e. The van der Waals surface area contributed by atoms with Crippen LogP contribution in [-0.2, 0) is 14.8 Å². The molecule has 0 aliphatic heterocycles. The van der Waals surface area contributed by atoms with Crippen LogP contribution in [-0.4, -0.2) is 33.4 Å². The Kier molecular flexibility index (Phi) is 7.06. The molecule has 0 fully saturated rings. The Morgan fingerprint density at radius 1 is 1.27 bits per heavy atom. The van der Waals surface area contributed by atoms with E-state index in [9.17, 15) is 5.11 Å². The van der Waals surface area contributed by atoms with Gasteiger partial charge in [0.05, 0.1) is 5.60 Å². The molecule has 1 rings (SSSR count). The highest BCUT2D eigenvalue weighted by atomic mass is 28.4. The summed E-state index contributed by atoms with van der Waals surface area (Å²) in [5, 5.41) is 11.2. The molecule has 1 atom stereocenters. The molecule has 0 spiro atoms. The van der Waals surface area contributed by atoms with Gasteiger partial charge in [-0.3, -0.25) is 0 Å². The fraction of sp³-hybridized carbons (Fsp3) is 0.647. The maximum absolute atomic E-state index is 11.2. The van der Waals surface area contributed by atoms with E-state index in [-0.39, 0.29) is 12.9 Å². The highest BCUT2D eigenvalue weighted by Gasteiger charge is 2.38. The molecule has 0 aliphatic rings. The second kappa shape index (κ2) is 8.11. The maximum Gasteiger partial charge on any atom is 0.190 e. The standard InChI is InChI=1S/C17H30O4Si/c1-7-17(18,12-22(5,6)21-14(2)3)15-9-8-10-16(11-15)20-13-19-4/h8-11,14,18H,7,12-13H2,1-6H3. The van der Waals surface area contributed by atoms with Crippen molar-refractivity contribution in [2.45, 2.75) is 58.0 Å². The summed E-state index contributed by atoms with van der Waals surface area (Å²) in [6.45, 7) is 10.6.